The van der Waals surface area contributed by atoms with Crippen molar-refractivity contribution in [1.29, 1.82) is 0 Å². The van der Waals surface area contributed by atoms with Gasteiger partial charge in [0, 0.05) is 18.6 Å². The summed E-state index contributed by atoms with van der Waals surface area (Å²) in [6.45, 7) is 3.47. The van der Waals surface area contributed by atoms with Crippen molar-refractivity contribution in [2.24, 2.45) is 0 Å². The van der Waals surface area contributed by atoms with Gasteiger partial charge in [0.1, 0.15) is 6.54 Å². The second-order valence-electron chi connectivity index (χ2n) is 8.77. The second kappa shape index (κ2) is 21.4. The fraction of sp³-hybridized carbons (Fsp3) is 0.533. The molecule has 0 aliphatic rings. The lowest BCUT2D eigenvalue weighted by molar-refractivity contribution is -0.697. The van der Waals surface area contributed by atoms with Gasteiger partial charge in [0.25, 0.3) is 0 Å². The summed E-state index contributed by atoms with van der Waals surface area (Å²) in [5.41, 5.74) is 0.858. The molecule has 1 aromatic carbocycles. The molecule has 0 saturated heterocycles. The van der Waals surface area contributed by atoms with Crippen LogP contribution in [0.1, 0.15) is 102 Å². The number of nitrogens with zero attached hydrogens (tertiary/aromatic N) is 1. The van der Waals surface area contributed by atoms with Gasteiger partial charge in [0.2, 0.25) is 0 Å². The third kappa shape index (κ3) is 18.8. The molecule has 3 heteroatoms. The minimum Gasteiger partial charge on any atom is -0.545 e. The summed E-state index contributed by atoms with van der Waals surface area (Å²) in [5.74, 6) is -1.17. The Labute approximate surface area is 202 Å². The molecule has 0 radical (unpaired) electrons. The third-order valence-corrected chi connectivity index (χ3v) is 5.76. The molecule has 33 heavy (non-hydrogen) atoms. The molecule has 0 amide bonds. The number of carboxylic acids is 1. The number of hydrogen-bond donors (Lipinski definition) is 0. The number of rotatable bonds is 17. The van der Waals surface area contributed by atoms with E-state index in [0.717, 1.165) is 11.6 Å². The molecule has 0 atom stereocenters. The van der Waals surface area contributed by atoms with Gasteiger partial charge in [-0.1, -0.05) is 126 Å². The van der Waals surface area contributed by atoms with Crippen LogP contribution in [0, 0.1) is 0 Å². The van der Waals surface area contributed by atoms with Crippen LogP contribution in [0.15, 0.2) is 67.0 Å². The molecule has 0 fully saturated rings. The summed E-state index contributed by atoms with van der Waals surface area (Å²) in [7, 11) is 0. The monoisotopic (exact) mass is 451 g/mol. The third-order valence-electron chi connectivity index (χ3n) is 5.76. The fourth-order valence-corrected chi connectivity index (χ4v) is 3.80. The minimum absolute atomic E-state index is 0.858. The first-order valence-electron chi connectivity index (χ1n) is 13.1. The summed E-state index contributed by atoms with van der Waals surface area (Å²) in [6, 6.07) is 15.5. The Hall–Kier alpha value is -2.42. The molecule has 0 unspecified atom stereocenters. The highest BCUT2D eigenvalue weighted by molar-refractivity contribution is 5.83. The van der Waals surface area contributed by atoms with Crippen LogP contribution in [-0.2, 0) is 11.3 Å². The molecule has 0 saturated carbocycles. The average molecular weight is 452 g/mol. The molecular formula is C30H45NO2. The van der Waals surface area contributed by atoms with E-state index in [1.807, 2.05) is 30.3 Å². The smallest absolute Gasteiger partial charge is 0.168 e. The number of carboxylic acid groups (broad SMARTS) is 1. The zero-order valence-corrected chi connectivity index (χ0v) is 20.8. The summed E-state index contributed by atoms with van der Waals surface area (Å²) < 4.78 is 2.29. The van der Waals surface area contributed by atoms with E-state index >= 15 is 0 Å². The van der Waals surface area contributed by atoms with E-state index in [0.29, 0.717) is 0 Å². The van der Waals surface area contributed by atoms with Gasteiger partial charge >= 0.3 is 0 Å². The fourth-order valence-electron chi connectivity index (χ4n) is 3.80. The second-order valence-corrected chi connectivity index (χ2v) is 8.77. The van der Waals surface area contributed by atoms with Crippen molar-refractivity contribution < 1.29 is 14.5 Å². The van der Waals surface area contributed by atoms with Crippen LogP contribution in [0.4, 0.5) is 0 Å². The van der Waals surface area contributed by atoms with Crippen LogP contribution >= 0.6 is 0 Å². The normalized spacial score (nSPS) is 10.7. The van der Waals surface area contributed by atoms with Crippen molar-refractivity contribution in [3.05, 3.63) is 72.6 Å². The van der Waals surface area contributed by atoms with Crippen molar-refractivity contribution in [1.82, 2.24) is 0 Å². The zero-order valence-electron chi connectivity index (χ0n) is 20.8. The molecule has 1 aromatic heterocycles. The molecule has 0 bridgehead atoms. The Morgan fingerprint density at radius 3 is 1.64 bits per heavy atom. The van der Waals surface area contributed by atoms with Gasteiger partial charge in [0.15, 0.2) is 12.4 Å². The maximum atomic E-state index is 9.97. The number of pyridine rings is 1. The Kier molecular flexibility index (Phi) is 18.6. The molecule has 3 nitrogen and oxygen atoms in total. The van der Waals surface area contributed by atoms with E-state index < -0.39 is 5.97 Å². The van der Waals surface area contributed by atoms with E-state index in [2.05, 4.69) is 42.1 Å². The molecule has 0 aliphatic heterocycles. The van der Waals surface area contributed by atoms with E-state index in [1.165, 1.54) is 103 Å². The standard InChI is InChI=1S/C21H38N.C9H8O2/c1-2-3-4-5-6-7-8-9-10-11-12-13-14-16-19-22-20-17-15-18-21-22;10-9(11)7-6-8-4-2-1-3-5-8/h15,17-18,20-21H,2-14,16,19H2,1H3;1-7H,(H,10,11)/q+1;/p-1. The maximum Gasteiger partial charge on any atom is 0.168 e. The number of carbonyl (C=O) groups is 1. The van der Waals surface area contributed by atoms with Gasteiger partial charge in [-0.05, 0) is 18.1 Å². The molecular weight excluding hydrogens is 406 g/mol. The molecule has 0 N–H and O–H groups in total. The lowest BCUT2D eigenvalue weighted by atomic mass is 10.0. The van der Waals surface area contributed by atoms with Crippen LogP contribution in [0.3, 0.4) is 0 Å². The lowest BCUT2D eigenvalue weighted by Crippen LogP contribution is -2.32. The number of aryl methyl sites for hydroxylation is 1. The molecule has 2 rings (SSSR count). The minimum atomic E-state index is -1.17. The van der Waals surface area contributed by atoms with E-state index in [-0.39, 0.29) is 0 Å². The van der Waals surface area contributed by atoms with Crippen molar-refractivity contribution in [2.75, 3.05) is 0 Å². The topological polar surface area (TPSA) is 44.0 Å². The van der Waals surface area contributed by atoms with Gasteiger partial charge in [-0.3, -0.25) is 0 Å². The predicted molar refractivity (Wildman–Crippen MR) is 137 cm³/mol. The summed E-state index contributed by atoms with van der Waals surface area (Å²) >= 11 is 0. The lowest BCUT2D eigenvalue weighted by Gasteiger charge is -2.02. The molecule has 0 aliphatic carbocycles. The first-order chi connectivity index (χ1) is 16.2. The zero-order chi connectivity index (χ0) is 23.8. The Morgan fingerprint density at radius 1 is 0.697 bits per heavy atom. The molecule has 182 valence electrons. The number of unbranched alkanes of at least 4 members (excludes halogenated alkanes) is 13. The van der Waals surface area contributed by atoms with Crippen molar-refractivity contribution >= 4 is 12.0 Å². The summed E-state index contributed by atoms with van der Waals surface area (Å²) in [6.07, 6.45) is 26.9. The Balaban J connectivity index is 0.000000412. The summed E-state index contributed by atoms with van der Waals surface area (Å²) in [4.78, 5) is 9.97. The van der Waals surface area contributed by atoms with Gasteiger partial charge in [-0.25, -0.2) is 4.57 Å². The van der Waals surface area contributed by atoms with Gasteiger partial charge in [-0.2, -0.15) is 0 Å². The number of carbonyl (C=O) groups excluding carboxylic acids is 1. The SMILES string of the molecule is CCCCCCCCCCCCCCCC[n+]1ccccc1.O=C([O-])C=Cc1ccccc1. The quantitative estimate of drug-likeness (QED) is 0.149. The number of aromatic nitrogens is 1. The van der Waals surface area contributed by atoms with Crippen LogP contribution in [0.2, 0.25) is 0 Å². The average Bonchev–Trinajstić information content (AvgIpc) is 2.85. The van der Waals surface area contributed by atoms with Crippen molar-refractivity contribution in [3.63, 3.8) is 0 Å². The maximum absolute atomic E-state index is 9.97. The Bertz CT molecular complexity index is 713. The number of aliphatic carboxylic acids is 1. The highest BCUT2D eigenvalue weighted by Gasteiger charge is 1.98. The largest absolute Gasteiger partial charge is 0.545 e. The van der Waals surface area contributed by atoms with Crippen molar-refractivity contribution in [2.45, 2.75) is 103 Å². The van der Waals surface area contributed by atoms with E-state index in [9.17, 15) is 9.90 Å². The highest BCUT2D eigenvalue weighted by Crippen LogP contribution is 2.12. The highest BCUT2D eigenvalue weighted by atomic mass is 16.4. The Morgan fingerprint density at radius 2 is 1.15 bits per heavy atom. The van der Waals surface area contributed by atoms with Gasteiger partial charge < -0.3 is 9.90 Å². The van der Waals surface area contributed by atoms with Crippen LogP contribution in [0.5, 0.6) is 0 Å². The van der Waals surface area contributed by atoms with Crippen LogP contribution < -0.4 is 9.67 Å². The molecule has 1 heterocycles. The first kappa shape index (κ1) is 28.6. The summed E-state index contributed by atoms with van der Waals surface area (Å²) in [5, 5.41) is 9.97. The van der Waals surface area contributed by atoms with E-state index in [4.69, 9.17) is 0 Å². The van der Waals surface area contributed by atoms with Crippen LogP contribution in [0.25, 0.3) is 6.08 Å². The number of benzene rings is 1. The van der Waals surface area contributed by atoms with Gasteiger partial charge in [-0.15, -0.1) is 0 Å². The van der Waals surface area contributed by atoms with E-state index in [1.54, 1.807) is 0 Å². The first-order valence-corrected chi connectivity index (χ1v) is 13.1. The van der Waals surface area contributed by atoms with Crippen molar-refractivity contribution in [3.8, 4) is 0 Å². The molecule has 0 spiro atoms. The van der Waals surface area contributed by atoms with Gasteiger partial charge in [0.05, 0.1) is 5.97 Å². The predicted octanol–water partition coefficient (Wildman–Crippen LogP) is 6.91. The molecule has 2 aromatic rings. The van der Waals surface area contributed by atoms with Crippen LogP contribution in [-0.4, -0.2) is 5.97 Å². The number of hydrogen-bond acceptors (Lipinski definition) is 2.